The summed E-state index contributed by atoms with van der Waals surface area (Å²) in [6, 6.07) is 0.317. The number of hydrogen-bond acceptors (Lipinski definition) is 7. The molecule has 0 radical (unpaired) electrons. The molecular weight excluding hydrogens is 256 g/mol. The predicted molar refractivity (Wildman–Crippen MR) is 78.6 cm³/mol. The number of nitrogens with zero attached hydrogens (tertiary/aromatic N) is 4. The van der Waals surface area contributed by atoms with Crippen LogP contribution in [-0.4, -0.2) is 34.6 Å². The number of rotatable bonds is 7. The minimum absolute atomic E-state index is 0.317. The molecule has 0 aromatic carbocycles. The molecule has 2 heterocycles. The van der Waals surface area contributed by atoms with Gasteiger partial charge in [-0.15, -0.1) is 6.58 Å². The smallest absolute Gasteiger partial charge is 0.323 e. The molecule has 1 aliphatic rings. The molecule has 110 valence electrons. The lowest BCUT2D eigenvalue weighted by Crippen LogP contribution is -2.31. The summed E-state index contributed by atoms with van der Waals surface area (Å²) in [6.07, 6.45) is 7.24. The number of nitrogens with one attached hydrogen (secondary N) is 1. The van der Waals surface area contributed by atoms with E-state index in [2.05, 4.69) is 31.9 Å². The first-order valence-corrected chi connectivity index (χ1v) is 7.05. The number of hydrogen-bond donors (Lipinski definition) is 2. The number of nitrogens with two attached hydrogens (primary N) is 1. The third-order valence-corrected chi connectivity index (χ3v) is 3.15. The number of allylic oxidation sites excluding steroid dienone is 1. The number of hydrazine groups is 1. The van der Waals surface area contributed by atoms with Gasteiger partial charge in [-0.1, -0.05) is 6.08 Å². The molecule has 0 bridgehead atoms. The minimum Gasteiger partial charge on any atom is -0.463 e. The maximum atomic E-state index is 5.55. The highest BCUT2D eigenvalue weighted by Crippen LogP contribution is 2.19. The van der Waals surface area contributed by atoms with Crippen LogP contribution >= 0.6 is 0 Å². The van der Waals surface area contributed by atoms with Crippen LogP contribution in [0.2, 0.25) is 0 Å². The van der Waals surface area contributed by atoms with Gasteiger partial charge in [-0.3, -0.25) is 5.43 Å². The Bertz CT molecular complexity index is 433. The molecule has 0 saturated carbocycles. The Balaban J connectivity index is 2.04. The Morgan fingerprint density at radius 1 is 1.25 bits per heavy atom. The Hall–Kier alpha value is -1.89. The van der Waals surface area contributed by atoms with Crippen LogP contribution in [-0.2, 0) is 0 Å². The summed E-state index contributed by atoms with van der Waals surface area (Å²) in [5, 5.41) is 0. The molecule has 1 aromatic rings. The first-order valence-electron chi connectivity index (χ1n) is 7.05. The van der Waals surface area contributed by atoms with E-state index in [1.165, 1.54) is 6.42 Å². The summed E-state index contributed by atoms with van der Waals surface area (Å²) in [6.45, 7) is 6.16. The summed E-state index contributed by atoms with van der Waals surface area (Å²) < 4.78 is 5.55. The fourth-order valence-corrected chi connectivity index (χ4v) is 2.10. The van der Waals surface area contributed by atoms with E-state index in [4.69, 9.17) is 10.6 Å². The normalized spacial score (nSPS) is 14.9. The molecule has 1 aromatic heterocycles. The summed E-state index contributed by atoms with van der Waals surface area (Å²) >= 11 is 0. The Kier molecular flexibility index (Phi) is 5.55. The predicted octanol–water partition coefficient (Wildman–Crippen LogP) is 1.49. The lowest BCUT2D eigenvalue weighted by molar-refractivity contribution is 0.287. The molecule has 0 atom stereocenters. The van der Waals surface area contributed by atoms with Crippen LogP contribution in [0.1, 0.15) is 32.1 Å². The molecule has 7 nitrogen and oxygen atoms in total. The Labute approximate surface area is 119 Å². The zero-order valence-corrected chi connectivity index (χ0v) is 11.7. The van der Waals surface area contributed by atoms with Crippen molar-refractivity contribution in [1.29, 1.82) is 0 Å². The zero-order chi connectivity index (χ0) is 14.2. The largest absolute Gasteiger partial charge is 0.463 e. The standard InChI is InChI=1S/C13H22N6O/c1-2-3-7-10-20-13-16-11(18-14)15-12(17-13)19-8-5-4-6-9-19/h2H,1,3-10,14H2,(H,15,16,17,18). The van der Waals surface area contributed by atoms with Gasteiger partial charge in [0.1, 0.15) is 0 Å². The van der Waals surface area contributed by atoms with Gasteiger partial charge in [0.05, 0.1) is 6.61 Å². The number of ether oxygens (including phenoxy) is 1. The van der Waals surface area contributed by atoms with Gasteiger partial charge in [0.2, 0.25) is 11.9 Å². The van der Waals surface area contributed by atoms with E-state index in [0.717, 1.165) is 38.8 Å². The third kappa shape index (κ3) is 4.06. The Morgan fingerprint density at radius 2 is 2.05 bits per heavy atom. The monoisotopic (exact) mass is 278 g/mol. The van der Waals surface area contributed by atoms with E-state index in [-0.39, 0.29) is 0 Å². The molecule has 0 spiro atoms. The van der Waals surface area contributed by atoms with Gasteiger partial charge in [0.15, 0.2) is 0 Å². The van der Waals surface area contributed by atoms with Crippen LogP contribution in [0.4, 0.5) is 11.9 Å². The SMILES string of the molecule is C=CCCCOc1nc(NN)nc(N2CCCCC2)n1. The number of piperidine rings is 1. The molecular formula is C13H22N6O. The summed E-state index contributed by atoms with van der Waals surface area (Å²) in [5.74, 6) is 6.37. The average molecular weight is 278 g/mol. The fourth-order valence-electron chi connectivity index (χ4n) is 2.10. The first-order chi connectivity index (χ1) is 9.83. The molecule has 1 aliphatic heterocycles. The van der Waals surface area contributed by atoms with E-state index in [0.29, 0.717) is 24.5 Å². The lowest BCUT2D eigenvalue weighted by atomic mass is 10.1. The Morgan fingerprint density at radius 3 is 2.75 bits per heavy atom. The molecule has 20 heavy (non-hydrogen) atoms. The fraction of sp³-hybridized carbons (Fsp3) is 0.615. The van der Waals surface area contributed by atoms with Crippen LogP contribution in [0.5, 0.6) is 6.01 Å². The van der Waals surface area contributed by atoms with Crippen molar-refractivity contribution >= 4 is 11.9 Å². The number of nitrogen functional groups attached to an aromatic ring is 1. The number of aromatic nitrogens is 3. The molecule has 7 heteroatoms. The van der Waals surface area contributed by atoms with Crippen LogP contribution in [0.25, 0.3) is 0 Å². The quantitative estimate of drug-likeness (QED) is 0.338. The van der Waals surface area contributed by atoms with Crippen LogP contribution in [0.3, 0.4) is 0 Å². The van der Waals surface area contributed by atoms with Crippen molar-refractivity contribution in [1.82, 2.24) is 15.0 Å². The molecule has 0 unspecified atom stereocenters. The van der Waals surface area contributed by atoms with Crippen molar-refractivity contribution in [2.45, 2.75) is 32.1 Å². The molecule has 0 amide bonds. The molecule has 1 saturated heterocycles. The van der Waals surface area contributed by atoms with E-state index in [9.17, 15) is 0 Å². The van der Waals surface area contributed by atoms with Gasteiger partial charge in [-0.25, -0.2) is 5.84 Å². The zero-order valence-electron chi connectivity index (χ0n) is 11.7. The van der Waals surface area contributed by atoms with Gasteiger partial charge in [0, 0.05) is 13.1 Å². The highest BCUT2D eigenvalue weighted by atomic mass is 16.5. The molecule has 2 rings (SSSR count). The van der Waals surface area contributed by atoms with Crippen LogP contribution in [0.15, 0.2) is 12.7 Å². The molecule has 1 fully saturated rings. The van der Waals surface area contributed by atoms with Crippen molar-refractivity contribution in [2.24, 2.45) is 5.84 Å². The van der Waals surface area contributed by atoms with Gasteiger partial charge in [-0.2, -0.15) is 15.0 Å². The third-order valence-electron chi connectivity index (χ3n) is 3.15. The van der Waals surface area contributed by atoms with Gasteiger partial charge in [0.25, 0.3) is 0 Å². The summed E-state index contributed by atoms with van der Waals surface area (Å²) in [5.41, 5.74) is 2.46. The number of unbranched alkanes of at least 4 members (excludes halogenated alkanes) is 1. The average Bonchev–Trinajstić information content (AvgIpc) is 2.52. The highest BCUT2D eigenvalue weighted by molar-refractivity contribution is 5.37. The van der Waals surface area contributed by atoms with Crippen LogP contribution < -0.4 is 20.9 Å². The second-order valence-electron chi connectivity index (χ2n) is 4.71. The maximum Gasteiger partial charge on any atom is 0.323 e. The second-order valence-corrected chi connectivity index (χ2v) is 4.71. The van der Waals surface area contributed by atoms with Gasteiger partial charge in [-0.05, 0) is 32.1 Å². The van der Waals surface area contributed by atoms with Crippen molar-refractivity contribution in [3.63, 3.8) is 0 Å². The van der Waals surface area contributed by atoms with Crippen molar-refractivity contribution in [3.05, 3.63) is 12.7 Å². The van der Waals surface area contributed by atoms with Gasteiger partial charge >= 0.3 is 6.01 Å². The minimum atomic E-state index is 0.317. The summed E-state index contributed by atoms with van der Waals surface area (Å²) in [7, 11) is 0. The highest BCUT2D eigenvalue weighted by Gasteiger charge is 2.16. The molecule has 0 aliphatic carbocycles. The second kappa shape index (κ2) is 7.64. The molecule has 3 N–H and O–H groups in total. The van der Waals surface area contributed by atoms with E-state index >= 15 is 0 Å². The maximum absolute atomic E-state index is 5.55. The van der Waals surface area contributed by atoms with Crippen molar-refractivity contribution in [3.8, 4) is 6.01 Å². The van der Waals surface area contributed by atoms with Crippen molar-refractivity contribution < 1.29 is 4.74 Å². The topological polar surface area (TPSA) is 89.2 Å². The van der Waals surface area contributed by atoms with E-state index in [1.807, 2.05) is 6.08 Å². The van der Waals surface area contributed by atoms with E-state index < -0.39 is 0 Å². The van der Waals surface area contributed by atoms with Crippen molar-refractivity contribution in [2.75, 3.05) is 30.0 Å². The van der Waals surface area contributed by atoms with E-state index in [1.54, 1.807) is 0 Å². The van der Waals surface area contributed by atoms with Gasteiger partial charge < -0.3 is 9.64 Å². The lowest BCUT2D eigenvalue weighted by Gasteiger charge is -2.26. The van der Waals surface area contributed by atoms with Crippen LogP contribution in [0, 0.1) is 0 Å². The first kappa shape index (κ1) is 14.5. The number of anilines is 2. The summed E-state index contributed by atoms with van der Waals surface area (Å²) in [4.78, 5) is 14.9.